The number of carbonyl (C=O) groups is 3. The predicted molar refractivity (Wildman–Crippen MR) is 244 cm³/mol. The summed E-state index contributed by atoms with van der Waals surface area (Å²) in [5.74, 6) is -0.465. The second-order valence-corrected chi connectivity index (χ2v) is 24.1. The topological polar surface area (TPSA) is 71.4 Å². The van der Waals surface area contributed by atoms with Gasteiger partial charge in [0.15, 0.2) is 17.3 Å². The number of hydrogen-bond donors (Lipinski definition) is 1. The highest BCUT2D eigenvalue weighted by Gasteiger charge is 2.47. The molecule has 2 aromatic carbocycles. The largest absolute Gasteiger partial charge is 0.383 e. The average molecular weight is 841 g/mol. The lowest BCUT2D eigenvalue weighted by Crippen LogP contribution is -2.54. The highest BCUT2D eigenvalue weighted by molar-refractivity contribution is 7.33. The Labute approximate surface area is 351 Å². The molecule has 3 aliphatic rings. The van der Waals surface area contributed by atoms with Crippen molar-refractivity contribution in [2.75, 3.05) is 0 Å². The van der Waals surface area contributed by atoms with E-state index in [0.717, 1.165) is 9.75 Å². The van der Waals surface area contributed by atoms with Crippen molar-refractivity contribution < 1.29 is 19.5 Å². The Hall–Kier alpha value is -4.09. The minimum atomic E-state index is -2.11. The van der Waals surface area contributed by atoms with Gasteiger partial charge in [-0.15, -0.1) is 45.3 Å². The molecular formula is C48H44O4S4Si. The minimum Gasteiger partial charge on any atom is -0.383 e. The summed E-state index contributed by atoms with van der Waals surface area (Å²) in [6.45, 7) is 4.58. The molecule has 1 aliphatic heterocycles. The Morgan fingerprint density at radius 3 is 1.60 bits per heavy atom. The number of rotatable bonds is 14. The summed E-state index contributed by atoms with van der Waals surface area (Å²) in [7, 11) is -2.11. The fourth-order valence-electron chi connectivity index (χ4n) is 8.95. The molecule has 6 aromatic rings. The highest BCUT2D eigenvalue weighted by Crippen LogP contribution is 2.49. The quantitative estimate of drug-likeness (QED) is 0.0513. The molecule has 4 aromatic heterocycles. The van der Waals surface area contributed by atoms with E-state index in [9.17, 15) is 19.5 Å². The first-order valence-corrected chi connectivity index (χ1v) is 25.9. The molecule has 0 radical (unpaired) electrons. The maximum absolute atomic E-state index is 13.2. The number of ketones is 3. The first-order valence-electron chi connectivity index (χ1n) is 20.2. The highest BCUT2D eigenvalue weighted by atomic mass is 32.1. The van der Waals surface area contributed by atoms with Crippen molar-refractivity contribution in [1.82, 2.24) is 0 Å². The fourth-order valence-corrected chi connectivity index (χ4v) is 20.5. The maximum atomic E-state index is 13.2. The van der Waals surface area contributed by atoms with Crippen LogP contribution in [-0.2, 0) is 0 Å². The Bertz CT molecular complexity index is 2560. The second kappa shape index (κ2) is 15.9. The van der Waals surface area contributed by atoms with Gasteiger partial charge in [-0.05, 0) is 76.6 Å². The van der Waals surface area contributed by atoms with E-state index in [4.69, 9.17) is 0 Å². The molecule has 5 heterocycles. The van der Waals surface area contributed by atoms with Crippen LogP contribution in [0.4, 0.5) is 0 Å². The van der Waals surface area contributed by atoms with Gasteiger partial charge < -0.3 is 5.11 Å². The van der Waals surface area contributed by atoms with Crippen LogP contribution in [0.1, 0.15) is 118 Å². The van der Waals surface area contributed by atoms with E-state index in [0.29, 0.717) is 27.8 Å². The number of fused-ring (bicyclic) bond motifs is 5. The maximum Gasteiger partial charge on any atom is 0.197 e. The van der Waals surface area contributed by atoms with Crippen molar-refractivity contribution >= 4 is 93.3 Å². The Morgan fingerprint density at radius 2 is 1.07 bits per heavy atom. The van der Waals surface area contributed by atoms with E-state index < -0.39 is 14.2 Å². The number of unbranched alkanes of at least 4 members (excludes halogenated alkanes) is 6. The van der Waals surface area contributed by atoms with Crippen LogP contribution in [0, 0.1) is 0 Å². The third kappa shape index (κ3) is 6.80. The van der Waals surface area contributed by atoms with E-state index >= 15 is 0 Å². The zero-order valence-electron chi connectivity index (χ0n) is 32.2. The number of thiophene rings is 4. The molecule has 4 nitrogen and oxygen atoms in total. The van der Waals surface area contributed by atoms with Gasteiger partial charge in [-0.3, -0.25) is 14.4 Å². The van der Waals surface area contributed by atoms with Crippen molar-refractivity contribution in [3.8, 4) is 29.3 Å². The standard InChI is InChI=1S/C48H44O4S4Si/c1-3-5-7-13-23-57(24-14-8-6-4-2)41-27-39(37-21-19-29(53-37)25-35-43(49)31-15-9-10-16-32(31)44(35)50)55-47(41)48-42(57)28-40(56-48)38-22-20-30(54-38)26-36-45(51)33-17-11-12-18-34(33)46(36)52/h9-12,15-22,25-28,43,49H,3-8,13-14,23-24H2,1-2H3. The summed E-state index contributed by atoms with van der Waals surface area (Å²) in [4.78, 5) is 49.3. The van der Waals surface area contributed by atoms with Crippen molar-refractivity contribution in [2.45, 2.75) is 83.4 Å². The van der Waals surface area contributed by atoms with Crippen molar-refractivity contribution in [2.24, 2.45) is 0 Å². The zero-order chi connectivity index (χ0) is 39.3. The second-order valence-electron chi connectivity index (χ2n) is 15.5. The van der Waals surface area contributed by atoms with E-state index in [1.807, 2.05) is 59.1 Å². The van der Waals surface area contributed by atoms with Gasteiger partial charge in [0.25, 0.3) is 0 Å². The molecule has 2 aliphatic carbocycles. The molecule has 9 rings (SSSR count). The minimum absolute atomic E-state index is 0.0910. The first-order chi connectivity index (χ1) is 27.8. The van der Waals surface area contributed by atoms with Crippen LogP contribution in [0.5, 0.6) is 0 Å². The molecule has 1 atom stereocenters. The summed E-state index contributed by atoms with van der Waals surface area (Å²) in [5, 5.41) is 14.3. The summed E-state index contributed by atoms with van der Waals surface area (Å²) < 4.78 is 0. The number of aliphatic hydroxyl groups excluding tert-OH is 1. The van der Waals surface area contributed by atoms with Gasteiger partial charge in [0.2, 0.25) is 0 Å². The number of Topliss-reactive ketones (excluding diaryl/α,β-unsaturated/α-hetero) is 3. The summed E-state index contributed by atoms with van der Waals surface area (Å²) in [6.07, 6.45) is 12.8. The van der Waals surface area contributed by atoms with Gasteiger partial charge in [-0.2, -0.15) is 0 Å². The number of aliphatic hydroxyl groups is 1. The Balaban J connectivity index is 1.07. The van der Waals surface area contributed by atoms with Crippen LogP contribution in [0.3, 0.4) is 0 Å². The van der Waals surface area contributed by atoms with Crippen LogP contribution in [0.15, 0.2) is 96.1 Å². The van der Waals surface area contributed by atoms with E-state index in [2.05, 4.69) is 50.2 Å². The molecule has 0 saturated carbocycles. The van der Waals surface area contributed by atoms with Gasteiger partial charge in [-0.25, -0.2) is 0 Å². The molecule has 0 bridgehead atoms. The molecule has 9 heteroatoms. The summed E-state index contributed by atoms with van der Waals surface area (Å²) in [6, 6.07) is 30.5. The monoisotopic (exact) mass is 840 g/mol. The van der Waals surface area contributed by atoms with Crippen LogP contribution in [0.25, 0.3) is 41.4 Å². The molecule has 0 spiro atoms. The SMILES string of the molecule is CCCCCC[Si]1(CCCCCC)c2cc(-c3ccc(C=C4C(=O)c5ccccc5C4=O)s3)sc2-c2sc(-c3ccc(C=C4C(=O)c5ccccc5C4O)s3)cc21. The molecule has 0 fully saturated rings. The van der Waals surface area contributed by atoms with Crippen LogP contribution < -0.4 is 10.4 Å². The van der Waals surface area contributed by atoms with Gasteiger partial charge in [-0.1, -0.05) is 114 Å². The average Bonchev–Trinajstić information content (AvgIpc) is 4.10. The molecule has 57 heavy (non-hydrogen) atoms. The predicted octanol–water partition coefficient (Wildman–Crippen LogP) is 12.7. The van der Waals surface area contributed by atoms with Crippen LogP contribution in [0.2, 0.25) is 12.1 Å². The van der Waals surface area contributed by atoms with Crippen molar-refractivity contribution in [3.63, 3.8) is 0 Å². The number of carbonyl (C=O) groups excluding carboxylic acids is 3. The van der Waals surface area contributed by atoms with E-state index in [1.165, 1.54) is 92.7 Å². The normalized spacial score (nSPS) is 17.1. The van der Waals surface area contributed by atoms with Crippen LogP contribution >= 0.6 is 45.3 Å². The molecule has 0 amide bonds. The zero-order valence-corrected chi connectivity index (χ0v) is 36.5. The number of benzene rings is 2. The summed E-state index contributed by atoms with van der Waals surface area (Å²) in [5.41, 5.74) is 2.97. The molecular weight excluding hydrogens is 797 g/mol. The van der Waals surface area contributed by atoms with Gasteiger partial charge >= 0.3 is 0 Å². The number of allylic oxidation sites excluding steroid dienone is 1. The van der Waals surface area contributed by atoms with E-state index in [-0.39, 0.29) is 22.9 Å². The smallest absolute Gasteiger partial charge is 0.197 e. The van der Waals surface area contributed by atoms with Crippen molar-refractivity contribution in [1.29, 1.82) is 0 Å². The lowest BCUT2D eigenvalue weighted by Gasteiger charge is -2.29. The third-order valence-electron chi connectivity index (χ3n) is 11.9. The van der Waals surface area contributed by atoms with Crippen LogP contribution in [-0.4, -0.2) is 30.5 Å². The Morgan fingerprint density at radius 1 is 0.561 bits per heavy atom. The molecule has 1 unspecified atom stereocenters. The molecule has 288 valence electrons. The third-order valence-corrected chi connectivity index (χ3v) is 22.4. The lowest BCUT2D eigenvalue weighted by atomic mass is 10.1. The van der Waals surface area contributed by atoms with Gasteiger partial charge in [0.05, 0.1) is 5.57 Å². The molecule has 0 saturated heterocycles. The summed E-state index contributed by atoms with van der Waals surface area (Å²) >= 11 is 7.19. The molecule has 1 N–H and O–H groups in total. The number of hydrogen-bond acceptors (Lipinski definition) is 8. The van der Waals surface area contributed by atoms with Gasteiger partial charge in [0.1, 0.15) is 14.2 Å². The fraction of sp³-hybridized carbons (Fsp3) is 0.271. The first kappa shape index (κ1) is 38.4. The Kier molecular flexibility index (Phi) is 10.7. The van der Waals surface area contributed by atoms with E-state index in [1.54, 1.807) is 57.3 Å². The van der Waals surface area contributed by atoms with Crippen molar-refractivity contribution in [3.05, 3.63) is 128 Å². The van der Waals surface area contributed by atoms with Gasteiger partial charge in [0, 0.05) is 61.3 Å². The lowest BCUT2D eigenvalue weighted by molar-refractivity contribution is 0.0986.